The zero-order chi connectivity index (χ0) is 11.7. The smallest absolute Gasteiger partial charge is 0.129 e. The predicted octanol–water partition coefficient (Wildman–Crippen LogP) is 2.03. The molecule has 1 aromatic carbocycles. The van der Waals surface area contributed by atoms with Gasteiger partial charge < -0.3 is 10.2 Å². The first kappa shape index (κ1) is 10.5. The summed E-state index contributed by atoms with van der Waals surface area (Å²) in [5.41, 5.74) is 1.07. The number of likely N-dealkylation sites (N-methyl/N-ethyl adjacent to an activating group) is 1. The first-order valence-electron chi connectivity index (χ1n) is 6.14. The van der Waals surface area contributed by atoms with Crippen LogP contribution in [0.3, 0.4) is 0 Å². The number of hydrogen-bond donors (Lipinski definition) is 1. The third-order valence-corrected chi connectivity index (χ3v) is 3.53. The number of fused-ring (bicyclic) bond motifs is 1. The molecule has 0 amide bonds. The zero-order valence-corrected chi connectivity index (χ0v) is 10.1. The monoisotopic (exact) mass is 227 g/mol. The molecule has 1 fully saturated rings. The molecule has 88 valence electrons. The largest absolute Gasteiger partial charge is 0.355 e. The van der Waals surface area contributed by atoms with Crippen LogP contribution < -0.4 is 10.2 Å². The predicted molar refractivity (Wildman–Crippen MR) is 71.4 cm³/mol. The molecule has 0 bridgehead atoms. The van der Waals surface area contributed by atoms with Crippen molar-refractivity contribution in [2.45, 2.75) is 12.5 Å². The standard InChI is InChI=1S/C14H17N3/c1-17(12-8-9-15-10-12)14-7-6-11-4-2-3-5-13(11)16-14/h2-7,12,15H,8-10H2,1H3/t12-/m1/s1. The van der Waals surface area contributed by atoms with Gasteiger partial charge in [0.05, 0.1) is 5.52 Å². The van der Waals surface area contributed by atoms with Crippen LogP contribution in [0.1, 0.15) is 6.42 Å². The fourth-order valence-corrected chi connectivity index (χ4v) is 2.41. The van der Waals surface area contributed by atoms with Gasteiger partial charge in [0.1, 0.15) is 5.82 Å². The van der Waals surface area contributed by atoms with Crippen molar-refractivity contribution in [3.8, 4) is 0 Å². The summed E-state index contributed by atoms with van der Waals surface area (Å²) >= 11 is 0. The van der Waals surface area contributed by atoms with E-state index in [-0.39, 0.29) is 0 Å². The number of anilines is 1. The van der Waals surface area contributed by atoms with Crippen molar-refractivity contribution in [2.75, 3.05) is 25.0 Å². The summed E-state index contributed by atoms with van der Waals surface area (Å²) in [7, 11) is 2.13. The molecular formula is C14H17N3. The number of nitrogens with one attached hydrogen (secondary N) is 1. The van der Waals surface area contributed by atoms with E-state index >= 15 is 0 Å². The highest BCUT2D eigenvalue weighted by molar-refractivity contribution is 5.80. The van der Waals surface area contributed by atoms with Crippen molar-refractivity contribution in [1.82, 2.24) is 10.3 Å². The molecule has 1 aliphatic heterocycles. The molecule has 3 rings (SSSR count). The topological polar surface area (TPSA) is 28.2 Å². The van der Waals surface area contributed by atoms with Crippen LogP contribution in [0.2, 0.25) is 0 Å². The van der Waals surface area contributed by atoms with E-state index in [1.54, 1.807) is 0 Å². The molecule has 0 saturated carbocycles. The first-order valence-corrected chi connectivity index (χ1v) is 6.14. The molecule has 0 unspecified atom stereocenters. The summed E-state index contributed by atoms with van der Waals surface area (Å²) in [4.78, 5) is 7.00. The SMILES string of the molecule is CN(c1ccc2ccccc2n1)[C@@H]1CCNC1. The number of para-hydroxylation sites is 1. The van der Waals surface area contributed by atoms with E-state index in [2.05, 4.69) is 41.5 Å². The Bertz CT molecular complexity index is 518. The summed E-state index contributed by atoms with van der Waals surface area (Å²) < 4.78 is 0. The molecule has 0 spiro atoms. The van der Waals surface area contributed by atoms with E-state index in [0.717, 1.165) is 24.4 Å². The lowest BCUT2D eigenvalue weighted by Gasteiger charge is -2.25. The molecule has 1 aliphatic rings. The summed E-state index contributed by atoms with van der Waals surface area (Å²) in [6, 6.07) is 13.1. The van der Waals surface area contributed by atoms with Crippen LogP contribution in [-0.2, 0) is 0 Å². The normalized spacial score (nSPS) is 19.7. The van der Waals surface area contributed by atoms with Gasteiger partial charge in [0.15, 0.2) is 0 Å². The van der Waals surface area contributed by atoms with E-state index < -0.39 is 0 Å². The fourth-order valence-electron chi connectivity index (χ4n) is 2.41. The molecule has 1 N–H and O–H groups in total. The van der Waals surface area contributed by atoms with Crippen molar-refractivity contribution >= 4 is 16.7 Å². The van der Waals surface area contributed by atoms with Gasteiger partial charge in [-0.05, 0) is 31.2 Å². The summed E-state index contributed by atoms with van der Waals surface area (Å²) in [5, 5.41) is 4.59. The average Bonchev–Trinajstić information content (AvgIpc) is 2.91. The van der Waals surface area contributed by atoms with Gasteiger partial charge in [-0.2, -0.15) is 0 Å². The average molecular weight is 227 g/mol. The Morgan fingerprint density at radius 2 is 2.12 bits per heavy atom. The van der Waals surface area contributed by atoms with E-state index in [9.17, 15) is 0 Å². The van der Waals surface area contributed by atoms with E-state index in [1.807, 2.05) is 12.1 Å². The van der Waals surface area contributed by atoms with E-state index in [0.29, 0.717) is 6.04 Å². The molecule has 3 heteroatoms. The number of aromatic nitrogens is 1. The Balaban J connectivity index is 1.94. The highest BCUT2D eigenvalue weighted by atomic mass is 15.2. The van der Waals surface area contributed by atoms with Crippen LogP contribution >= 0.6 is 0 Å². The molecule has 3 nitrogen and oxygen atoms in total. The van der Waals surface area contributed by atoms with Gasteiger partial charge in [-0.3, -0.25) is 0 Å². The van der Waals surface area contributed by atoms with Gasteiger partial charge in [-0.15, -0.1) is 0 Å². The molecule has 17 heavy (non-hydrogen) atoms. The highest BCUT2D eigenvalue weighted by Gasteiger charge is 2.20. The number of hydrogen-bond acceptors (Lipinski definition) is 3. The molecule has 1 saturated heterocycles. The number of nitrogens with zero attached hydrogens (tertiary/aromatic N) is 2. The zero-order valence-electron chi connectivity index (χ0n) is 10.1. The Kier molecular flexibility index (Phi) is 2.69. The fraction of sp³-hybridized carbons (Fsp3) is 0.357. The van der Waals surface area contributed by atoms with Crippen LogP contribution in [0.5, 0.6) is 0 Å². The number of benzene rings is 1. The van der Waals surface area contributed by atoms with Gasteiger partial charge in [0.25, 0.3) is 0 Å². The van der Waals surface area contributed by atoms with Crippen LogP contribution in [0.25, 0.3) is 10.9 Å². The quantitative estimate of drug-likeness (QED) is 0.851. The van der Waals surface area contributed by atoms with Crippen molar-refractivity contribution in [3.05, 3.63) is 36.4 Å². The number of rotatable bonds is 2. The summed E-state index contributed by atoms with van der Waals surface area (Å²) in [6.45, 7) is 2.17. The van der Waals surface area contributed by atoms with Crippen LogP contribution in [0, 0.1) is 0 Å². The molecule has 1 atom stereocenters. The molecule has 2 heterocycles. The maximum atomic E-state index is 4.72. The lowest BCUT2D eigenvalue weighted by atomic mass is 10.2. The van der Waals surface area contributed by atoms with Crippen molar-refractivity contribution in [2.24, 2.45) is 0 Å². The lowest BCUT2D eigenvalue weighted by molar-refractivity contribution is 0.679. The van der Waals surface area contributed by atoms with Gasteiger partial charge in [0, 0.05) is 25.0 Å². The second-order valence-corrected chi connectivity index (χ2v) is 4.62. The van der Waals surface area contributed by atoms with Gasteiger partial charge in [-0.25, -0.2) is 4.98 Å². The number of pyridine rings is 1. The minimum atomic E-state index is 0.573. The van der Waals surface area contributed by atoms with Crippen molar-refractivity contribution in [3.63, 3.8) is 0 Å². The summed E-state index contributed by atoms with van der Waals surface area (Å²) in [6.07, 6.45) is 1.20. The van der Waals surface area contributed by atoms with Gasteiger partial charge in [-0.1, -0.05) is 18.2 Å². The maximum Gasteiger partial charge on any atom is 0.129 e. The second kappa shape index (κ2) is 4.34. The van der Waals surface area contributed by atoms with E-state index in [1.165, 1.54) is 11.8 Å². The molecule has 2 aromatic rings. The molecule has 0 aliphatic carbocycles. The Hall–Kier alpha value is -1.61. The third-order valence-electron chi connectivity index (χ3n) is 3.53. The Morgan fingerprint density at radius 3 is 2.94 bits per heavy atom. The molecular weight excluding hydrogens is 210 g/mol. The van der Waals surface area contributed by atoms with Gasteiger partial charge in [0.2, 0.25) is 0 Å². The van der Waals surface area contributed by atoms with Gasteiger partial charge >= 0.3 is 0 Å². The van der Waals surface area contributed by atoms with Crippen molar-refractivity contribution in [1.29, 1.82) is 0 Å². The Morgan fingerprint density at radius 1 is 1.24 bits per heavy atom. The maximum absolute atomic E-state index is 4.72. The molecule has 1 aromatic heterocycles. The van der Waals surface area contributed by atoms with Crippen LogP contribution in [-0.4, -0.2) is 31.2 Å². The lowest BCUT2D eigenvalue weighted by Crippen LogP contribution is -2.33. The van der Waals surface area contributed by atoms with Crippen molar-refractivity contribution < 1.29 is 0 Å². The first-order chi connectivity index (χ1) is 8.34. The molecule has 0 radical (unpaired) electrons. The third kappa shape index (κ3) is 1.98. The Labute approximate surface area is 101 Å². The minimum Gasteiger partial charge on any atom is -0.355 e. The summed E-state index contributed by atoms with van der Waals surface area (Å²) in [5.74, 6) is 1.07. The second-order valence-electron chi connectivity index (χ2n) is 4.62. The minimum absolute atomic E-state index is 0.573. The van der Waals surface area contributed by atoms with E-state index in [4.69, 9.17) is 4.98 Å². The highest BCUT2D eigenvalue weighted by Crippen LogP contribution is 2.20. The van der Waals surface area contributed by atoms with Crippen LogP contribution in [0.4, 0.5) is 5.82 Å². The van der Waals surface area contributed by atoms with Crippen LogP contribution in [0.15, 0.2) is 36.4 Å².